The highest BCUT2D eigenvalue weighted by atomic mass is 32.2. The third kappa shape index (κ3) is 2.48. The molecule has 1 aromatic carbocycles. The zero-order valence-corrected chi connectivity index (χ0v) is 14.5. The Bertz CT molecular complexity index is 671. The van der Waals surface area contributed by atoms with E-state index in [4.69, 9.17) is 0 Å². The van der Waals surface area contributed by atoms with Crippen LogP contribution in [0.15, 0.2) is 23.1 Å². The lowest BCUT2D eigenvalue weighted by molar-refractivity contribution is 0.308. The number of likely N-dealkylation sites (N-methyl/N-ethyl adjacent to an activating group) is 1. The van der Waals surface area contributed by atoms with E-state index in [0.717, 1.165) is 12.0 Å². The third-order valence-corrected chi connectivity index (χ3v) is 6.50. The predicted molar refractivity (Wildman–Crippen MR) is 96.0 cm³/mol. The van der Waals surface area contributed by atoms with Crippen LogP contribution in [0.3, 0.4) is 0 Å². The monoisotopic (exact) mass is 314 g/mol. The van der Waals surface area contributed by atoms with Crippen LogP contribution in [0, 0.1) is 0 Å². The van der Waals surface area contributed by atoms with Crippen LogP contribution >= 0.6 is 11.8 Å². The highest BCUT2D eigenvalue weighted by Gasteiger charge is 2.28. The smallest absolute Gasteiger partial charge is 0.0459 e. The molecular formula is C19H26N2S. The molecule has 1 aliphatic carbocycles. The summed E-state index contributed by atoms with van der Waals surface area (Å²) >= 11 is 1.85. The van der Waals surface area contributed by atoms with E-state index in [1.54, 1.807) is 11.3 Å². The van der Waals surface area contributed by atoms with Crippen molar-refractivity contribution >= 4 is 22.7 Å². The van der Waals surface area contributed by atoms with E-state index in [2.05, 4.69) is 41.4 Å². The van der Waals surface area contributed by atoms with Gasteiger partial charge in [0.05, 0.1) is 0 Å². The molecule has 2 aliphatic rings. The molecule has 1 N–H and O–H groups in total. The summed E-state index contributed by atoms with van der Waals surface area (Å²) in [7, 11) is 2.29. The quantitative estimate of drug-likeness (QED) is 0.818. The largest absolute Gasteiger partial charge is 0.358 e. The number of fused-ring (bicyclic) bond motifs is 1. The number of likely N-dealkylation sites (tertiary alicyclic amines) is 1. The molecule has 0 bridgehead atoms. The Morgan fingerprint density at radius 1 is 1.23 bits per heavy atom. The summed E-state index contributed by atoms with van der Waals surface area (Å²) in [5.41, 5.74) is 4.52. The Kier molecular flexibility index (Phi) is 3.95. The molecule has 1 saturated carbocycles. The van der Waals surface area contributed by atoms with Crippen molar-refractivity contribution in [3.8, 4) is 0 Å². The molecule has 0 spiro atoms. The predicted octanol–water partition coefficient (Wildman–Crippen LogP) is 4.79. The zero-order valence-electron chi connectivity index (χ0n) is 13.7. The second-order valence-electron chi connectivity index (χ2n) is 7.04. The van der Waals surface area contributed by atoms with Crippen molar-refractivity contribution in [1.82, 2.24) is 9.88 Å². The van der Waals surface area contributed by atoms with Gasteiger partial charge in [-0.15, -0.1) is 11.8 Å². The average molecular weight is 314 g/mol. The van der Waals surface area contributed by atoms with E-state index in [9.17, 15) is 0 Å². The van der Waals surface area contributed by atoms with Crippen LogP contribution in [0.4, 0.5) is 0 Å². The van der Waals surface area contributed by atoms with Crippen molar-refractivity contribution in [3.63, 3.8) is 0 Å². The van der Waals surface area contributed by atoms with Gasteiger partial charge in [0.2, 0.25) is 0 Å². The molecule has 4 rings (SSSR count). The topological polar surface area (TPSA) is 19.0 Å². The molecule has 2 fully saturated rings. The molecule has 2 heterocycles. The van der Waals surface area contributed by atoms with Gasteiger partial charge in [-0.2, -0.15) is 0 Å². The average Bonchev–Trinajstić information content (AvgIpc) is 3.02. The number of aromatic nitrogens is 1. The van der Waals surface area contributed by atoms with Gasteiger partial charge in [0.25, 0.3) is 0 Å². The molecule has 1 aliphatic heterocycles. The second-order valence-corrected chi connectivity index (χ2v) is 7.92. The lowest BCUT2D eigenvalue weighted by Gasteiger charge is -2.27. The summed E-state index contributed by atoms with van der Waals surface area (Å²) in [4.78, 5) is 7.72. The number of hydrogen-bond donors (Lipinski definition) is 1. The number of thioether (sulfide) groups is 1. The molecule has 1 saturated heterocycles. The number of hydrogen-bond acceptors (Lipinski definition) is 2. The van der Waals surface area contributed by atoms with Gasteiger partial charge in [-0.25, -0.2) is 0 Å². The van der Waals surface area contributed by atoms with Crippen molar-refractivity contribution in [2.24, 2.45) is 0 Å². The molecule has 2 aromatic rings. The molecule has 1 atom stereocenters. The molecule has 3 heteroatoms. The Balaban J connectivity index is 1.77. The second kappa shape index (κ2) is 5.93. The first-order valence-electron chi connectivity index (χ1n) is 8.65. The molecule has 22 heavy (non-hydrogen) atoms. The maximum atomic E-state index is 3.78. The molecule has 0 radical (unpaired) electrons. The first-order chi connectivity index (χ1) is 10.8. The summed E-state index contributed by atoms with van der Waals surface area (Å²) in [5, 5.41) is 1.48. The summed E-state index contributed by atoms with van der Waals surface area (Å²) in [6, 6.07) is 7.67. The number of aromatic amines is 1. The zero-order chi connectivity index (χ0) is 15.1. The van der Waals surface area contributed by atoms with E-state index in [-0.39, 0.29) is 0 Å². The molecule has 0 amide bonds. The van der Waals surface area contributed by atoms with Crippen molar-refractivity contribution in [2.45, 2.75) is 55.4 Å². The maximum absolute atomic E-state index is 3.78. The van der Waals surface area contributed by atoms with Gasteiger partial charge in [0.15, 0.2) is 0 Å². The normalized spacial score (nSPS) is 23.3. The van der Waals surface area contributed by atoms with Crippen LogP contribution in [-0.4, -0.2) is 35.8 Å². The minimum atomic E-state index is 0.732. The van der Waals surface area contributed by atoms with Gasteiger partial charge >= 0.3 is 0 Å². The Morgan fingerprint density at radius 3 is 2.73 bits per heavy atom. The van der Waals surface area contributed by atoms with Crippen LogP contribution in [-0.2, 0) is 6.42 Å². The number of nitrogens with zero attached hydrogens (tertiary/aromatic N) is 1. The first-order valence-corrected chi connectivity index (χ1v) is 9.87. The fourth-order valence-electron chi connectivity index (χ4n) is 4.11. The molecule has 2 nitrogen and oxygen atoms in total. The fraction of sp³-hybridized carbons (Fsp3) is 0.579. The summed E-state index contributed by atoms with van der Waals surface area (Å²) < 4.78 is 0. The molecule has 118 valence electrons. The minimum Gasteiger partial charge on any atom is -0.358 e. The number of benzene rings is 1. The van der Waals surface area contributed by atoms with Crippen molar-refractivity contribution in [3.05, 3.63) is 29.5 Å². The first kappa shape index (κ1) is 14.6. The van der Waals surface area contributed by atoms with Gasteiger partial charge in [0, 0.05) is 27.5 Å². The van der Waals surface area contributed by atoms with E-state index in [1.165, 1.54) is 60.9 Å². The minimum absolute atomic E-state index is 0.732. The number of nitrogens with one attached hydrogen (secondary N) is 1. The van der Waals surface area contributed by atoms with E-state index >= 15 is 0 Å². The highest BCUT2D eigenvalue weighted by molar-refractivity contribution is 7.98. The lowest BCUT2D eigenvalue weighted by atomic mass is 9.80. The van der Waals surface area contributed by atoms with Crippen molar-refractivity contribution in [2.75, 3.05) is 19.8 Å². The van der Waals surface area contributed by atoms with Crippen LogP contribution < -0.4 is 0 Å². The molecule has 0 unspecified atom stereocenters. The van der Waals surface area contributed by atoms with Gasteiger partial charge in [0.1, 0.15) is 0 Å². The van der Waals surface area contributed by atoms with Gasteiger partial charge in [-0.1, -0.05) is 6.42 Å². The van der Waals surface area contributed by atoms with Gasteiger partial charge in [-0.3, -0.25) is 0 Å². The van der Waals surface area contributed by atoms with Gasteiger partial charge in [-0.05, 0) is 81.6 Å². The summed E-state index contributed by atoms with van der Waals surface area (Å²) in [5.74, 6) is 0.784. The van der Waals surface area contributed by atoms with Crippen molar-refractivity contribution < 1.29 is 0 Å². The molecular weight excluding hydrogens is 288 g/mol. The SMILES string of the molecule is CSc1ccc2[nH]c(C3CCC3)c(C[C@H]3CCCN3C)c2c1. The van der Waals surface area contributed by atoms with Crippen LogP contribution in [0.25, 0.3) is 10.9 Å². The fourth-order valence-corrected chi connectivity index (χ4v) is 4.55. The summed E-state index contributed by atoms with van der Waals surface area (Å²) in [6.45, 7) is 1.27. The molecule has 1 aromatic heterocycles. The highest BCUT2D eigenvalue weighted by Crippen LogP contribution is 2.41. The van der Waals surface area contributed by atoms with Crippen LogP contribution in [0.5, 0.6) is 0 Å². The lowest BCUT2D eigenvalue weighted by Crippen LogP contribution is -2.27. The summed E-state index contributed by atoms with van der Waals surface area (Å²) in [6.07, 6.45) is 10.3. The Morgan fingerprint density at radius 2 is 2.09 bits per heavy atom. The number of rotatable bonds is 4. The Labute approximate surface area is 137 Å². The Hall–Kier alpha value is -0.930. The van der Waals surface area contributed by atoms with Gasteiger partial charge < -0.3 is 9.88 Å². The van der Waals surface area contributed by atoms with Crippen LogP contribution in [0.2, 0.25) is 0 Å². The van der Waals surface area contributed by atoms with E-state index in [1.807, 2.05) is 11.8 Å². The number of H-pyrrole nitrogens is 1. The van der Waals surface area contributed by atoms with Crippen molar-refractivity contribution in [1.29, 1.82) is 0 Å². The third-order valence-electron chi connectivity index (χ3n) is 5.77. The van der Waals surface area contributed by atoms with E-state index in [0.29, 0.717) is 0 Å². The standard InChI is InChI=1S/C19H26N2S/c1-21-10-4-7-14(21)11-17-16-12-15(22-2)8-9-18(16)20-19(17)13-5-3-6-13/h8-9,12-14,20H,3-7,10-11H2,1-2H3/t14-/m1/s1. The van der Waals surface area contributed by atoms with Crippen LogP contribution in [0.1, 0.15) is 49.3 Å². The maximum Gasteiger partial charge on any atom is 0.0459 e. The van der Waals surface area contributed by atoms with E-state index < -0.39 is 0 Å².